The van der Waals surface area contributed by atoms with Crippen LogP contribution in [0, 0.1) is 0 Å². The number of piperazine rings is 1. The highest BCUT2D eigenvalue weighted by atomic mass is 16.1. The monoisotopic (exact) mass is 253 g/mol. The van der Waals surface area contributed by atoms with Crippen LogP contribution in [0.1, 0.15) is 46.0 Å². The van der Waals surface area contributed by atoms with Crippen LogP contribution < -0.4 is 10.6 Å². The van der Waals surface area contributed by atoms with Crippen LogP contribution in [0.3, 0.4) is 0 Å². The molecule has 2 fully saturated rings. The van der Waals surface area contributed by atoms with Gasteiger partial charge in [0, 0.05) is 44.2 Å². The fraction of sp³-hybridized carbons (Fsp3) is 0.929. The van der Waals surface area contributed by atoms with Crippen LogP contribution >= 0.6 is 0 Å². The van der Waals surface area contributed by atoms with E-state index in [4.69, 9.17) is 0 Å². The summed E-state index contributed by atoms with van der Waals surface area (Å²) < 4.78 is 0. The molecule has 4 nitrogen and oxygen atoms in total. The molecule has 0 spiro atoms. The van der Waals surface area contributed by atoms with E-state index < -0.39 is 0 Å². The molecule has 2 N–H and O–H groups in total. The SMILES string of the molecule is CCC1CN(C2CCCNC(=O)C2)C(CC)CN1. The maximum Gasteiger partial charge on any atom is 0.221 e. The summed E-state index contributed by atoms with van der Waals surface area (Å²) in [7, 11) is 0. The molecule has 0 aromatic carbocycles. The molecular formula is C14H27N3O. The maximum absolute atomic E-state index is 11.7. The molecule has 3 atom stereocenters. The quantitative estimate of drug-likeness (QED) is 0.792. The molecule has 0 radical (unpaired) electrons. The standard InChI is InChI=1S/C14H27N3O/c1-3-11-10-17(12(4-2)9-16-11)13-6-5-7-15-14(18)8-13/h11-13,16H,3-10H2,1-2H3,(H,15,18). The van der Waals surface area contributed by atoms with Gasteiger partial charge in [-0.15, -0.1) is 0 Å². The Morgan fingerprint density at radius 3 is 2.89 bits per heavy atom. The summed E-state index contributed by atoms with van der Waals surface area (Å²) in [5.41, 5.74) is 0. The van der Waals surface area contributed by atoms with E-state index in [2.05, 4.69) is 29.4 Å². The predicted molar refractivity (Wildman–Crippen MR) is 73.5 cm³/mol. The van der Waals surface area contributed by atoms with E-state index in [1.54, 1.807) is 0 Å². The molecule has 2 aliphatic rings. The van der Waals surface area contributed by atoms with Crippen LogP contribution in [0.4, 0.5) is 0 Å². The Hall–Kier alpha value is -0.610. The first-order valence-corrected chi connectivity index (χ1v) is 7.50. The van der Waals surface area contributed by atoms with Gasteiger partial charge in [-0.05, 0) is 25.7 Å². The van der Waals surface area contributed by atoms with Crippen molar-refractivity contribution in [3.05, 3.63) is 0 Å². The third-order valence-corrected chi connectivity index (χ3v) is 4.43. The van der Waals surface area contributed by atoms with E-state index in [1.807, 2.05) is 0 Å². The first-order valence-electron chi connectivity index (χ1n) is 7.50. The van der Waals surface area contributed by atoms with Gasteiger partial charge in [-0.3, -0.25) is 9.69 Å². The fourth-order valence-corrected chi connectivity index (χ4v) is 3.22. The number of carbonyl (C=O) groups excluding carboxylic acids is 1. The second-order valence-corrected chi connectivity index (χ2v) is 5.62. The largest absolute Gasteiger partial charge is 0.356 e. The highest BCUT2D eigenvalue weighted by Gasteiger charge is 2.32. The molecule has 3 unspecified atom stereocenters. The fourth-order valence-electron chi connectivity index (χ4n) is 3.22. The minimum Gasteiger partial charge on any atom is -0.356 e. The summed E-state index contributed by atoms with van der Waals surface area (Å²) in [5, 5.41) is 6.61. The minimum absolute atomic E-state index is 0.235. The average Bonchev–Trinajstić information content (AvgIpc) is 2.62. The average molecular weight is 253 g/mol. The number of carbonyl (C=O) groups is 1. The second-order valence-electron chi connectivity index (χ2n) is 5.62. The summed E-state index contributed by atoms with van der Waals surface area (Å²) in [4.78, 5) is 14.3. The van der Waals surface area contributed by atoms with E-state index in [0.717, 1.165) is 32.5 Å². The lowest BCUT2D eigenvalue weighted by molar-refractivity contribution is -0.122. The minimum atomic E-state index is 0.235. The number of rotatable bonds is 3. The van der Waals surface area contributed by atoms with Crippen molar-refractivity contribution in [3.63, 3.8) is 0 Å². The van der Waals surface area contributed by atoms with Gasteiger partial charge in [-0.1, -0.05) is 13.8 Å². The molecule has 0 bridgehead atoms. The van der Waals surface area contributed by atoms with Crippen LogP contribution in [0.15, 0.2) is 0 Å². The van der Waals surface area contributed by atoms with E-state index >= 15 is 0 Å². The van der Waals surface area contributed by atoms with Crippen LogP contribution in [-0.4, -0.2) is 48.6 Å². The smallest absolute Gasteiger partial charge is 0.221 e. The third kappa shape index (κ3) is 3.23. The van der Waals surface area contributed by atoms with Crippen molar-refractivity contribution in [2.24, 2.45) is 0 Å². The lowest BCUT2D eigenvalue weighted by atomic mass is 9.98. The Balaban J connectivity index is 2.03. The van der Waals surface area contributed by atoms with E-state index in [0.29, 0.717) is 24.5 Å². The molecule has 2 aliphatic heterocycles. The van der Waals surface area contributed by atoms with E-state index in [1.165, 1.54) is 12.8 Å². The topological polar surface area (TPSA) is 44.4 Å². The molecule has 4 heteroatoms. The summed E-state index contributed by atoms with van der Waals surface area (Å²) in [6.45, 7) is 7.53. The van der Waals surface area contributed by atoms with Crippen LogP contribution in [0.2, 0.25) is 0 Å². The molecule has 2 saturated heterocycles. The number of nitrogens with zero attached hydrogens (tertiary/aromatic N) is 1. The normalized spacial score (nSPS) is 35.0. The number of amides is 1. The molecule has 0 saturated carbocycles. The summed E-state index contributed by atoms with van der Waals surface area (Å²) >= 11 is 0. The molecule has 2 heterocycles. The van der Waals surface area contributed by atoms with Gasteiger partial charge in [0.15, 0.2) is 0 Å². The van der Waals surface area contributed by atoms with Gasteiger partial charge in [0.25, 0.3) is 0 Å². The van der Waals surface area contributed by atoms with Gasteiger partial charge in [0.05, 0.1) is 0 Å². The summed E-state index contributed by atoms with van der Waals surface area (Å²) in [6.07, 6.45) is 5.31. The van der Waals surface area contributed by atoms with Crippen LogP contribution in [-0.2, 0) is 4.79 Å². The molecular weight excluding hydrogens is 226 g/mol. The molecule has 2 rings (SSSR count). The van der Waals surface area contributed by atoms with Crippen molar-refractivity contribution in [1.82, 2.24) is 15.5 Å². The Bertz CT molecular complexity index is 282. The van der Waals surface area contributed by atoms with Gasteiger partial charge in [-0.2, -0.15) is 0 Å². The van der Waals surface area contributed by atoms with Crippen molar-refractivity contribution in [1.29, 1.82) is 0 Å². The van der Waals surface area contributed by atoms with Crippen molar-refractivity contribution in [2.45, 2.75) is 64.1 Å². The molecule has 1 amide bonds. The first kappa shape index (κ1) is 13.8. The van der Waals surface area contributed by atoms with Gasteiger partial charge in [0.1, 0.15) is 0 Å². The summed E-state index contributed by atoms with van der Waals surface area (Å²) in [6, 6.07) is 1.65. The number of nitrogens with one attached hydrogen (secondary N) is 2. The Morgan fingerprint density at radius 1 is 1.33 bits per heavy atom. The maximum atomic E-state index is 11.7. The highest BCUT2D eigenvalue weighted by molar-refractivity contribution is 5.76. The van der Waals surface area contributed by atoms with Crippen molar-refractivity contribution in [3.8, 4) is 0 Å². The predicted octanol–water partition coefficient (Wildman–Crippen LogP) is 1.12. The first-order chi connectivity index (χ1) is 8.74. The molecule has 0 aromatic heterocycles. The molecule has 0 aromatic rings. The van der Waals surface area contributed by atoms with Gasteiger partial charge in [0.2, 0.25) is 5.91 Å². The Kier molecular flexibility index (Phi) is 5.01. The molecule has 104 valence electrons. The zero-order valence-corrected chi connectivity index (χ0v) is 11.7. The Labute approximate surface area is 110 Å². The third-order valence-electron chi connectivity index (χ3n) is 4.43. The van der Waals surface area contributed by atoms with Gasteiger partial charge in [-0.25, -0.2) is 0 Å². The number of hydrogen-bond donors (Lipinski definition) is 2. The van der Waals surface area contributed by atoms with Crippen LogP contribution in [0.25, 0.3) is 0 Å². The molecule has 0 aliphatic carbocycles. The Morgan fingerprint density at radius 2 is 2.17 bits per heavy atom. The second kappa shape index (κ2) is 6.53. The van der Waals surface area contributed by atoms with Crippen molar-refractivity contribution >= 4 is 5.91 Å². The number of hydrogen-bond acceptors (Lipinski definition) is 3. The van der Waals surface area contributed by atoms with E-state index in [9.17, 15) is 4.79 Å². The van der Waals surface area contributed by atoms with Crippen molar-refractivity contribution in [2.75, 3.05) is 19.6 Å². The zero-order valence-electron chi connectivity index (χ0n) is 11.7. The van der Waals surface area contributed by atoms with E-state index in [-0.39, 0.29) is 5.91 Å². The molecule has 18 heavy (non-hydrogen) atoms. The lowest BCUT2D eigenvalue weighted by Gasteiger charge is -2.44. The zero-order chi connectivity index (χ0) is 13.0. The van der Waals surface area contributed by atoms with Crippen LogP contribution in [0.5, 0.6) is 0 Å². The van der Waals surface area contributed by atoms with Gasteiger partial charge >= 0.3 is 0 Å². The van der Waals surface area contributed by atoms with Gasteiger partial charge < -0.3 is 10.6 Å². The van der Waals surface area contributed by atoms with Crippen molar-refractivity contribution < 1.29 is 4.79 Å². The lowest BCUT2D eigenvalue weighted by Crippen LogP contribution is -2.59. The summed E-state index contributed by atoms with van der Waals surface area (Å²) in [5.74, 6) is 0.235. The highest BCUT2D eigenvalue weighted by Crippen LogP contribution is 2.21.